The minimum absolute atomic E-state index is 0. The van der Waals surface area contributed by atoms with Gasteiger partial charge in [0.2, 0.25) is 0 Å². The highest BCUT2D eigenvalue weighted by Crippen LogP contribution is 2.11. The van der Waals surface area contributed by atoms with Crippen molar-refractivity contribution in [3.63, 3.8) is 0 Å². The summed E-state index contributed by atoms with van der Waals surface area (Å²) in [6, 6.07) is 0. The summed E-state index contributed by atoms with van der Waals surface area (Å²) in [6.07, 6.45) is 17.3. The lowest BCUT2D eigenvalue weighted by atomic mass is 10.1. The van der Waals surface area contributed by atoms with Crippen LogP contribution in [0.15, 0.2) is 0 Å². The summed E-state index contributed by atoms with van der Waals surface area (Å²) in [5, 5.41) is 1.18. The van der Waals surface area contributed by atoms with Crippen LogP contribution in [0.2, 0.25) is 0 Å². The lowest BCUT2D eigenvalue weighted by Crippen LogP contribution is -1.82. The van der Waals surface area contributed by atoms with Gasteiger partial charge in [-0.1, -0.05) is 93.5 Å². The van der Waals surface area contributed by atoms with E-state index in [1.165, 1.54) is 82.4 Å². The Kier molecular flexibility index (Phi) is 22.8. The fourth-order valence-corrected chi connectivity index (χ4v) is 2.33. The Hall–Kier alpha value is 1.25. The second-order valence-electron chi connectivity index (χ2n) is 4.58. The molecule has 0 nitrogen and oxygen atoms in total. The minimum Gasteiger partial charge on any atom is -0.0928 e. The maximum Gasteiger partial charge on any atom is 0.316 e. The lowest BCUT2D eigenvalue weighted by molar-refractivity contribution is 0.548. The van der Waals surface area contributed by atoms with Gasteiger partial charge in [0.15, 0.2) is 0 Å². The van der Waals surface area contributed by atoms with E-state index < -0.39 is 0 Å². The molecule has 0 bridgehead atoms. The zero-order valence-corrected chi connectivity index (χ0v) is 12.2. The van der Waals surface area contributed by atoms with E-state index in [1.54, 1.807) is 0 Å². The summed E-state index contributed by atoms with van der Waals surface area (Å²) in [5.41, 5.74) is 0. The molecule has 0 saturated heterocycles. The second kappa shape index (κ2) is 18.6. The summed E-state index contributed by atoms with van der Waals surface area (Å²) in [7, 11) is 0. The fraction of sp³-hybridized carbons (Fsp3) is 1.00. The first-order chi connectivity index (χ1) is 7.41. The topological polar surface area (TPSA) is 0 Å². The van der Waals surface area contributed by atoms with Gasteiger partial charge >= 0.3 is 23.1 Å². The van der Waals surface area contributed by atoms with Gasteiger partial charge in [0.1, 0.15) is 0 Å². The molecule has 2 heteroatoms. The highest BCUT2D eigenvalue weighted by atomic mass is 79.9. The Labute approximate surface area is 128 Å². The average Bonchev–Trinajstić information content (AvgIpc) is 2.26. The van der Waals surface area contributed by atoms with Crippen molar-refractivity contribution in [2.24, 2.45) is 0 Å². The molecular formula is C14H31BrMg. The van der Waals surface area contributed by atoms with Crippen LogP contribution in [0.3, 0.4) is 0 Å². The molecule has 0 aliphatic carbocycles. The molecule has 0 aromatic carbocycles. The monoisotopic (exact) mass is 302 g/mol. The van der Waals surface area contributed by atoms with Gasteiger partial charge in [-0.05, 0) is 6.42 Å². The van der Waals surface area contributed by atoms with Crippen LogP contribution in [0.1, 0.15) is 84.0 Å². The summed E-state index contributed by atoms with van der Waals surface area (Å²) < 4.78 is 0. The number of alkyl halides is 1. The van der Waals surface area contributed by atoms with Crippen LogP contribution in [0.5, 0.6) is 0 Å². The number of unbranched alkanes of at least 4 members (excludes halogenated alkanes) is 11. The lowest BCUT2D eigenvalue weighted by Gasteiger charge is -2.01. The van der Waals surface area contributed by atoms with E-state index in [2.05, 4.69) is 22.9 Å². The number of halogens is 1. The van der Waals surface area contributed by atoms with Crippen LogP contribution in [-0.2, 0) is 0 Å². The van der Waals surface area contributed by atoms with Gasteiger partial charge in [-0.15, -0.1) is 0 Å². The molecule has 0 unspecified atom stereocenters. The second-order valence-corrected chi connectivity index (χ2v) is 5.37. The van der Waals surface area contributed by atoms with Crippen LogP contribution in [0.25, 0.3) is 0 Å². The molecule has 0 aromatic rings. The van der Waals surface area contributed by atoms with Gasteiger partial charge < -0.3 is 0 Å². The van der Waals surface area contributed by atoms with E-state index in [9.17, 15) is 0 Å². The van der Waals surface area contributed by atoms with Crippen molar-refractivity contribution in [1.29, 1.82) is 0 Å². The first-order valence-corrected chi connectivity index (χ1v) is 8.10. The molecule has 0 rings (SSSR count). The predicted octanol–water partition coefficient (Wildman–Crippen LogP) is 5.17. The van der Waals surface area contributed by atoms with Gasteiger partial charge in [-0.3, -0.25) is 0 Å². The average molecular weight is 304 g/mol. The van der Waals surface area contributed by atoms with E-state index in [0.29, 0.717) is 0 Å². The fourth-order valence-electron chi connectivity index (χ4n) is 1.94. The van der Waals surface area contributed by atoms with Crippen LogP contribution in [0, 0.1) is 0 Å². The van der Waals surface area contributed by atoms with E-state index in [-0.39, 0.29) is 23.1 Å². The molecule has 0 saturated carbocycles. The number of hydrogen-bond acceptors (Lipinski definition) is 0. The molecule has 0 aliphatic heterocycles. The van der Waals surface area contributed by atoms with E-state index in [1.807, 2.05) is 0 Å². The van der Waals surface area contributed by atoms with Crippen LogP contribution < -0.4 is 0 Å². The van der Waals surface area contributed by atoms with Crippen molar-refractivity contribution in [3.8, 4) is 0 Å². The van der Waals surface area contributed by atoms with Gasteiger partial charge in [0.05, 0.1) is 0 Å². The van der Waals surface area contributed by atoms with Crippen molar-refractivity contribution >= 4 is 39.0 Å². The molecule has 0 radical (unpaired) electrons. The third-order valence-corrected chi connectivity index (χ3v) is 3.55. The first-order valence-electron chi connectivity index (χ1n) is 6.97. The Morgan fingerprint density at radius 3 is 1.19 bits per heavy atom. The van der Waals surface area contributed by atoms with Gasteiger partial charge in [0, 0.05) is 5.33 Å². The number of hydrogen-bond donors (Lipinski definition) is 0. The Morgan fingerprint density at radius 1 is 0.562 bits per heavy atom. The molecule has 0 amide bonds. The van der Waals surface area contributed by atoms with Gasteiger partial charge in [0.25, 0.3) is 0 Å². The molecule has 0 aromatic heterocycles. The summed E-state index contributed by atoms with van der Waals surface area (Å²) in [6.45, 7) is 2.28. The molecule has 96 valence electrons. The smallest absolute Gasteiger partial charge is 0.0928 e. The van der Waals surface area contributed by atoms with E-state index in [0.717, 1.165) is 0 Å². The summed E-state index contributed by atoms with van der Waals surface area (Å²) in [4.78, 5) is 0. The standard InChI is InChI=1S/C14H29Br.Mg.2H/c1-2-3-4-5-6-7-8-9-10-11-12-13-14-15;;;/h2-14H2,1H3;;;. The highest BCUT2D eigenvalue weighted by Gasteiger charge is 1.92. The van der Waals surface area contributed by atoms with Crippen LogP contribution in [-0.4, -0.2) is 28.4 Å². The van der Waals surface area contributed by atoms with Crippen molar-refractivity contribution in [1.82, 2.24) is 0 Å². The van der Waals surface area contributed by atoms with Crippen molar-refractivity contribution < 1.29 is 0 Å². The number of rotatable bonds is 12. The quantitative estimate of drug-likeness (QED) is 0.265. The first kappa shape index (κ1) is 19.6. The van der Waals surface area contributed by atoms with Crippen molar-refractivity contribution in [2.75, 3.05) is 5.33 Å². The van der Waals surface area contributed by atoms with Gasteiger partial charge in [-0.2, -0.15) is 0 Å². The molecule has 0 heterocycles. The van der Waals surface area contributed by atoms with E-state index >= 15 is 0 Å². The Bertz CT molecular complexity index is 94.9. The SMILES string of the molecule is CCCCCCCCCCCCCCBr.[MgH2]. The zero-order chi connectivity index (χ0) is 11.2. The molecule has 0 aliphatic rings. The van der Waals surface area contributed by atoms with Crippen molar-refractivity contribution in [3.05, 3.63) is 0 Å². The maximum atomic E-state index is 3.47. The zero-order valence-electron chi connectivity index (χ0n) is 10.6. The van der Waals surface area contributed by atoms with Gasteiger partial charge in [-0.25, -0.2) is 0 Å². The van der Waals surface area contributed by atoms with Crippen LogP contribution in [0.4, 0.5) is 0 Å². The third kappa shape index (κ3) is 17.6. The molecule has 0 fully saturated rings. The van der Waals surface area contributed by atoms with E-state index in [4.69, 9.17) is 0 Å². The summed E-state index contributed by atoms with van der Waals surface area (Å²) >= 11 is 3.47. The minimum atomic E-state index is 0. The highest BCUT2D eigenvalue weighted by molar-refractivity contribution is 9.09. The largest absolute Gasteiger partial charge is 0.316 e. The summed E-state index contributed by atoms with van der Waals surface area (Å²) in [5.74, 6) is 0. The molecule has 0 spiro atoms. The molecule has 16 heavy (non-hydrogen) atoms. The Morgan fingerprint density at radius 2 is 0.875 bits per heavy atom. The molecule has 0 atom stereocenters. The normalized spacial score (nSPS) is 10.1. The molecular weight excluding hydrogens is 272 g/mol. The predicted molar refractivity (Wildman–Crippen MR) is 83.4 cm³/mol. The Balaban J connectivity index is 0. The third-order valence-electron chi connectivity index (χ3n) is 2.99. The van der Waals surface area contributed by atoms with Crippen LogP contribution >= 0.6 is 15.9 Å². The molecule has 0 N–H and O–H groups in total. The maximum absolute atomic E-state index is 3.47. The van der Waals surface area contributed by atoms with Crippen molar-refractivity contribution in [2.45, 2.75) is 84.0 Å².